The molecule has 0 spiro atoms. The van der Waals surface area contributed by atoms with Gasteiger partial charge in [-0.15, -0.1) is 0 Å². The number of rotatable bonds is 7. The lowest BCUT2D eigenvalue weighted by Gasteiger charge is -2.15. The van der Waals surface area contributed by atoms with Crippen LogP contribution in [0.25, 0.3) is 0 Å². The van der Waals surface area contributed by atoms with Crippen LogP contribution < -0.4 is 9.47 Å². The van der Waals surface area contributed by atoms with Crippen molar-refractivity contribution in [2.24, 2.45) is 0 Å². The third-order valence-electron chi connectivity index (χ3n) is 3.65. The number of carboxylic acid groups (broad SMARTS) is 1. The third kappa shape index (κ3) is 5.35. The molecule has 1 unspecified atom stereocenters. The third-order valence-corrected chi connectivity index (χ3v) is 6.06. The smallest absolute Gasteiger partial charge is 0.307 e. The molecule has 0 saturated carbocycles. The molecule has 0 radical (unpaired) electrons. The van der Waals surface area contributed by atoms with Crippen LogP contribution in [0.5, 0.6) is 17.2 Å². The summed E-state index contributed by atoms with van der Waals surface area (Å²) in [5.74, 6) is 1.47. The molecule has 0 amide bonds. The molecule has 2 aromatic rings. The van der Waals surface area contributed by atoms with E-state index in [0.717, 1.165) is 45.7 Å². The maximum absolute atomic E-state index is 10.9. The summed E-state index contributed by atoms with van der Waals surface area (Å²) in [5.41, 5.74) is 1.67. The Hall–Kier alpha value is -0.340. The minimum atomic E-state index is -0.842. The topological polar surface area (TPSA) is 68.3 Å². The van der Waals surface area contributed by atoms with Crippen LogP contribution >= 0.6 is 67.8 Å². The first-order valence-electron chi connectivity index (χ1n) is 7.75. The molecule has 0 aromatic heterocycles. The van der Waals surface area contributed by atoms with Gasteiger partial charge in [-0.3, -0.25) is 4.79 Å². The minimum absolute atomic E-state index is 0.00363. The second-order valence-electron chi connectivity index (χ2n) is 5.88. The molecule has 2 aromatic carbocycles. The van der Waals surface area contributed by atoms with Crippen molar-refractivity contribution < 1.29 is 24.1 Å². The molecule has 1 heterocycles. The predicted molar refractivity (Wildman–Crippen MR) is 122 cm³/mol. The Kier molecular flexibility index (Phi) is 6.88. The van der Waals surface area contributed by atoms with Crippen LogP contribution in [0.1, 0.15) is 11.1 Å². The van der Waals surface area contributed by atoms with Gasteiger partial charge in [0.15, 0.2) is 0 Å². The van der Waals surface area contributed by atoms with Crippen LogP contribution in [0.3, 0.4) is 0 Å². The van der Waals surface area contributed by atoms with E-state index >= 15 is 0 Å². The molecule has 1 saturated heterocycles. The first-order valence-corrected chi connectivity index (χ1v) is 11.0. The molecule has 1 aliphatic heterocycles. The summed E-state index contributed by atoms with van der Waals surface area (Å²) in [6, 6.07) is 7.58. The highest BCUT2D eigenvalue weighted by Crippen LogP contribution is 2.37. The summed E-state index contributed by atoms with van der Waals surface area (Å²) in [6.07, 6.45) is 0.218. The summed E-state index contributed by atoms with van der Waals surface area (Å²) in [5, 5.41) is 8.97. The normalized spacial score (nSPS) is 15.6. The molecule has 1 atom stereocenters. The van der Waals surface area contributed by atoms with E-state index in [1.54, 1.807) is 0 Å². The Morgan fingerprint density at radius 2 is 1.77 bits per heavy atom. The van der Waals surface area contributed by atoms with Crippen molar-refractivity contribution in [3.8, 4) is 17.2 Å². The van der Waals surface area contributed by atoms with Gasteiger partial charge in [-0.2, -0.15) is 0 Å². The highest BCUT2D eigenvalue weighted by molar-refractivity contribution is 14.1. The lowest BCUT2D eigenvalue weighted by molar-refractivity contribution is -0.136. The van der Waals surface area contributed by atoms with E-state index in [1.807, 2.05) is 31.2 Å². The maximum atomic E-state index is 10.9. The zero-order chi connectivity index (χ0) is 18.8. The predicted octanol–water partition coefficient (Wildman–Crippen LogP) is 5.01. The van der Waals surface area contributed by atoms with Crippen LogP contribution in [0.4, 0.5) is 0 Å². The van der Waals surface area contributed by atoms with Crippen LogP contribution in [0.2, 0.25) is 0 Å². The number of carboxylic acids is 1. The monoisotopic (exact) mass is 692 g/mol. The van der Waals surface area contributed by atoms with E-state index in [-0.39, 0.29) is 12.5 Å². The molecule has 1 fully saturated rings. The number of carbonyl (C=O) groups is 1. The molecule has 3 rings (SSSR count). The van der Waals surface area contributed by atoms with Gasteiger partial charge in [0.2, 0.25) is 0 Å². The number of aliphatic carboxylic acids is 1. The van der Waals surface area contributed by atoms with E-state index in [9.17, 15) is 4.79 Å². The highest BCUT2D eigenvalue weighted by atomic mass is 127. The second-order valence-corrected chi connectivity index (χ2v) is 9.37. The fraction of sp³-hybridized carbons (Fsp3) is 0.278. The van der Waals surface area contributed by atoms with Gasteiger partial charge in [0.25, 0.3) is 0 Å². The largest absolute Gasteiger partial charge is 0.489 e. The maximum Gasteiger partial charge on any atom is 0.307 e. The number of halogens is 3. The number of hydrogen-bond donors (Lipinski definition) is 1. The van der Waals surface area contributed by atoms with Crippen molar-refractivity contribution in [3.05, 3.63) is 46.1 Å². The van der Waals surface area contributed by atoms with E-state index in [1.165, 1.54) is 0 Å². The van der Waals surface area contributed by atoms with Crippen molar-refractivity contribution in [3.63, 3.8) is 0 Å². The highest BCUT2D eigenvalue weighted by Gasteiger charge is 2.24. The Morgan fingerprint density at radius 1 is 1.15 bits per heavy atom. The summed E-state index contributed by atoms with van der Waals surface area (Å²) >= 11 is 6.66. The van der Waals surface area contributed by atoms with Crippen LogP contribution in [0, 0.1) is 17.6 Å². The summed E-state index contributed by atoms with van der Waals surface area (Å²) < 4.78 is 20.0. The van der Waals surface area contributed by atoms with E-state index in [0.29, 0.717) is 6.61 Å². The molecule has 0 aliphatic carbocycles. The lowest BCUT2D eigenvalue weighted by atomic mass is 10.1. The van der Waals surface area contributed by atoms with Gasteiger partial charge in [-0.05, 0) is 104 Å². The molecule has 1 aliphatic rings. The second kappa shape index (κ2) is 8.78. The number of epoxide rings is 1. The molecule has 138 valence electrons. The van der Waals surface area contributed by atoms with Crippen molar-refractivity contribution >= 4 is 73.7 Å². The number of aryl methyl sites for hydroxylation is 1. The van der Waals surface area contributed by atoms with Crippen molar-refractivity contribution in [1.29, 1.82) is 0 Å². The summed E-state index contributed by atoms with van der Waals surface area (Å²) in [7, 11) is 0. The van der Waals surface area contributed by atoms with Gasteiger partial charge in [-0.25, -0.2) is 0 Å². The number of hydrogen-bond acceptors (Lipinski definition) is 4. The Labute approximate surface area is 192 Å². The van der Waals surface area contributed by atoms with Crippen LogP contribution in [0.15, 0.2) is 24.3 Å². The zero-order valence-electron chi connectivity index (χ0n) is 13.7. The molecule has 0 bridgehead atoms. The van der Waals surface area contributed by atoms with Gasteiger partial charge < -0.3 is 19.3 Å². The average molecular weight is 692 g/mol. The van der Waals surface area contributed by atoms with E-state index in [4.69, 9.17) is 19.3 Å². The van der Waals surface area contributed by atoms with Crippen LogP contribution in [-0.2, 0) is 16.0 Å². The average Bonchev–Trinajstić information content (AvgIpc) is 3.34. The van der Waals surface area contributed by atoms with Gasteiger partial charge in [0.1, 0.15) is 30.0 Å². The number of ether oxygens (including phenoxy) is 3. The molecule has 26 heavy (non-hydrogen) atoms. The first-order chi connectivity index (χ1) is 12.3. The Bertz CT molecular complexity index is 803. The fourth-order valence-electron chi connectivity index (χ4n) is 2.40. The van der Waals surface area contributed by atoms with Gasteiger partial charge in [0.05, 0.1) is 23.7 Å². The first kappa shape index (κ1) is 20.4. The molecular formula is C18H15I3O5. The quantitative estimate of drug-likeness (QED) is 0.327. The van der Waals surface area contributed by atoms with Gasteiger partial charge in [-0.1, -0.05) is 6.07 Å². The van der Waals surface area contributed by atoms with Crippen molar-refractivity contribution in [1.82, 2.24) is 0 Å². The van der Waals surface area contributed by atoms with E-state index in [2.05, 4.69) is 67.8 Å². The molecule has 1 N–H and O–H groups in total. The summed E-state index contributed by atoms with van der Waals surface area (Å²) in [6.45, 7) is 3.25. The molecular weight excluding hydrogens is 677 g/mol. The zero-order valence-corrected chi connectivity index (χ0v) is 20.2. The number of benzene rings is 2. The van der Waals surface area contributed by atoms with E-state index < -0.39 is 5.97 Å². The van der Waals surface area contributed by atoms with Gasteiger partial charge in [0, 0.05) is 0 Å². The van der Waals surface area contributed by atoms with Crippen molar-refractivity contribution in [2.45, 2.75) is 19.4 Å². The Balaban J connectivity index is 1.81. The van der Waals surface area contributed by atoms with Crippen molar-refractivity contribution in [2.75, 3.05) is 13.2 Å². The minimum Gasteiger partial charge on any atom is -0.489 e. The standard InChI is InChI=1S/C18H15I3O5/c1-9-2-10(4-16(22)23)3-13(19)17(9)26-11-5-14(20)18(15(21)6-11)25-8-12-7-24-12/h2-3,5-6,12H,4,7-8H2,1H3,(H,22,23). The van der Waals surface area contributed by atoms with Gasteiger partial charge >= 0.3 is 5.97 Å². The van der Waals surface area contributed by atoms with Crippen LogP contribution in [-0.4, -0.2) is 30.4 Å². The Morgan fingerprint density at radius 3 is 2.31 bits per heavy atom. The lowest BCUT2D eigenvalue weighted by Crippen LogP contribution is -2.06. The molecule has 5 nitrogen and oxygen atoms in total. The summed E-state index contributed by atoms with van der Waals surface area (Å²) in [4.78, 5) is 10.9. The fourth-order valence-corrected chi connectivity index (χ4v) is 5.36. The molecule has 8 heteroatoms. The SMILES string of the molecule is Cc1cc(CC(=O)O)cc(I)c1Oc1cc(I)c(OCC2CO2)c(I)c1.